The van der Waals surface area contributed by atoms with Crippen molar-refractivity contribution >= 4 is 16.0 Å². The summed E-state index contributed by atoms with van der Waals surface area (Å²) >= 11 is 0. The summed E-state index contributed by atoms with van der Waals surface area (Å²) in [7, 11) is -3.64. The van der Waals surface area contributed by atoms with Gasteiger partial charge < -0.3 is 9.47 Å². The summed E-state index contributed by atoms with van der Waals surface area (Å²) in [5.41, 5.74) is -1.23. The molecule has 1 aromatic carbocycles. The van der Waals surface area contributed by atoms with Crippen LogP contribution in [-0.2, 0) is 19.3 Å². The van der Waals surface area contributed by atoms with E-state index in [0.717, 1.165) is 0 Å². The van der Waals surface area contributed by atoms with Crippen LogP contribution >= 0.6 is 0 Å². The zero-order valence-corrected chi connectivity index (χ0v) is 8.44. The van der Waals surface area contributed by atoms with Gasteiger partial charge in [-0.3, -0.25) is 0 Å². The lowest BCUT2D eigenvalue weighted by Crippen LogP contribution is -2.23. The molecule has 1 unspecified atom stereocenters. The molecule has 1 aliphatic rings. The molecule has 0 aliphatic carbocycles. The average molecular weight is 228 g/mol. The highest BCUT2D eigenvalue weighted by molar-refractivity contribution is 7.92. The molecule has 1 aliphatic heterocycles. The number of ether oxygens (including phenoxy) is 2. The molecule has 2 rings (SSSR count). The van der Waals surface area contributed by atoms with Gasteiger partial charge in [-0.05, 0) is 12.1 Å². The molecule has 5 nitrogen and oxygen atoms in total. The van der Waals surface area contributed by atoms with E-state index in [9.17, 15) is 13.2 Å². The van der Waals surface area contributed by atoms with Gasteiger partial charge >= 0.3 is 6.16 Å². The van der Waals surface area contributed by atoms with Gasteiger partial charge in [0.1, 0.15) is 6.61 Å². The number of sulfone groups is 1. The Kier molecular flexibility index (Phi) is 2.36. The molecule has 0 saturated carbocycles. The summed E-state index contributed by atoms with van der Waals surface area (Å²) in [4.78, 5) is 10.7. The Morgan fingerprint density at radius 1 is 1.20 bits per heavy atom. The predicted molar refractivity (Wildman–Crippen MR) is 49.8 cm³/mol. The summed E-state index contributed by atoms with van der Waals surface area (Å²) < 4.78 is 32.6. The van der Waals surface area contributed by atoms with Crippen LogP contribution in [0.1, 0.15) is 0 Å². The minimum Gasteiger partial charge on any atom is -0.429 e. The second kappa shape index (κ2) is 3.54. The Labute approximate surface area is 86.5 Å². The fourth-order valence-electron chi connectivity index (χ4n) is 1.23. The second-order valence-electron chi connectivity index (χ2n) is 2.97. The molecule has 0 radical (unpaired) electrons. The predicted octanol–water partition coefficient (Wildman–Crippen LogP) is 0.953. The van der Waals surface area contributed by atoms with Crippen molar-refractivity contribution in [3.8, 4) is 0 Å². The molecule has 80 valence electrons. The first-order chi connectivity index (χ1) is 7.10. The molecule has 1 heterocycles. The molecule has 0 bridgehead atoms. The molecule has 0 N–H and O–H groups in total. The highest BCUT2D eigenvalue weighted by Crippen LogP contribution is 2.20. The van der Waals surface area contributed by atoms with Crippen molar-refractivity contribution in [1.82, 2.24) is 0 Å². The van der Waals surface area contributed by atoms with E-state index in [-0.39, 0.29) is 11.5 Å². The standard InChI is InChI=1S/C9H8O5S/c10-9-13-6-8(14-9)15(11,12)7-4-2-1-3-5-7/h1-5,8H,6H2. The summed E-state index contributed by atoms with van der Waals surface area (Å²) in [5, 5.41) is 0. The highest BCUT2D eigenvalue weighted by atomic mass is 32.2. The van der Waals surface area contributed by atoms with Crippen molar-refractivity contribution in [2.45, 2.75) is 10.3 Å². The van der Waals surface area contributed by atoms with Crippen molar-refractivity contribution in [2.75, 3.05) is 6.61 Å². The molecule has 15 heavy (non-hydrogen) atoms. The van der Waals surface area contributed by atoms with Crippen LogP contribution in [0.4, 0.5) is 4.79 Å². The Morgan fingerprint density at radius 3 is 2.40 bits per heavy atom. The van der Waals surface area contributed by atoms with Gasteiger partial charge in [-0.2, -0.15) is 0 Å². The van der Waals surface area contributed by atoms with E-state index < -0.39 is 21.4 Å². The maximum Gasteiger partial charge on any atom is 0.509 e. The Balaban J connectivity index is 2.32. The maximum atomic E-state index is 11.8. The van der Waals surface area contributed by atoms with Crippen LogP contribution in [0.25, 0.3) is 0 Å². The van der Waals surface area contributed by atoms with Gasteiger partial charge in [-0.25, -0.2) is 13.2 Å². The molecule has 1 aromatic rings. The minimum absolute atomic E-state index is 0.119. The molecule has 1 atom stereocenters. The number of hydrogen-bond donors (Lipinski definition) is 0. The molecule has 1 fully saturated rings. The average Bonchev–Trinajstić information content (AvgIpc) is 2.67. The third kappa shape index (κ3) is 1.80. The number of rotatable bonds is 2. The molecule has 6 heteroatoms. The Bertz CT molecular complexity index is 465. The zero-order chi connectivity index (χ0) is 10.9. The molecule has 0 amide bonds. The number of carbonyl (C=O) groups is 1. The van der Waals surface area contributed by atoms with Gasteiger partial charge in [0.2, 0.25) is 15.3 Å². The normalized spacial score (nSPS) is 20.8. The largest absolute Gasteiger partial charge is 0.509 e. The summed E-state index contributed by atoms with van der Waals surface area (Å²) in [6.45, 7) is -0.254. The summed E-state index contributed by atoms with van der Waals surface area (Å²) in [5.74, 6) is 0. The van der Waals surface area contributed by atoms with E-state index in [1.807, 2.05) is 0 Å². The first-order valence-electron chi connectivity index (χ1n) is 4.23. The van der Waals surface area contributed by atoms with Crippen LogP contribution in [0, 0.1) is 0 Å². The van der Waals surface area contributed by atoms with E-state index >= 15 is 0 Å². The van der Waals surface area contributed by atoms with Gasteiger partial charge in [-0.1, -0.05) is 18.2 Å². The van der Waals surface area contributed by atoms with Crippen LogP contribution < -0.4 is 0 Å². The van der Waals surface area contributed by atoms with Gasteiger partial charge in [0, 0.05) is 0 Å². The third-order valence-electron chi connectivity index (χ3n) is 1.98. The fraction of sp³-hybridized carbons (Fsp3) is 0.222. The van der Waals surface area contributed by atoms with Crippen LogP contribution in [0.3, 0.4) is 0 Å². The van der Waals surface area contributed by atoms with E-state index in [4.69, 9.17) is 0 Å². The second-order valence-corrected chi connectivity index (χ2v) is 5.05. The SMILES string of the molecule is O=C1OCC(S(=O)(=O)c2ccccc2)O1. The molecule has 1 saturated heterocycles. The van der Waals surface area contributed by atoms with E-state index in [1.54, 1.807) is 18.2 Å². The first kappa shape index (κ1) is 9.97. The van der Waals surface area contributed by atoms with E-state index in [2.05, 4.69) is 9.47 Å². The highest BCUT2D eigenvalue weighted by Gasteiger charge is 2.37. The lowest BCUT2D eigenvalue weighted by atomic mass is 10.4. The van der Waals surface area contributed by atoms with Crippen molar-refractivity contribution < 1.29 is 22.7 Å². The van der Waals surface area contributed by atoms with Crippen LogP contribution in [0.15, 0.2) is 35.2 Å². The summed E-state index contributed by atoms with van der Waals surface area (Å²) in [6.07, 6.45) is -0.945. The number of hydrogen-bond acceptors (Lipinski definition) is 5. The third-order valence-corrected chi connectivity index (χ3v) is 3.84. The van der Waals surface area contributed by atoms with Crippen LogP contribution in [0.2, 0.25) is 0 Å². The van der Waals surface area contributed by atoms with Crippen molar-refractivity contribution in [3.63, 3.8) is 0 Å². The van der Waals surface area contributed by atoms with Gasteiger partial charge in [0.05, 0.1) is 4.90 Å². The smallest absolute Gasteiger partial charge is 0.429 e. The monoisotopic (exact) mass is 228 g/mol. The van der Waals surface area contributed by atoms with Crippen molar-refractivity contribution in [2.24, 2.45) is 0 Å². The molecule has 0 spiro atoms. The van der Waals surface area contributed by atoms with E-state index in [1.165, 1.54) is 12.1 Å². The van der Waals surface area contributed by atoms with E-state index in [0.29, 0.717) is 0 Å². The maximum absolute atomic E-state index is 11.8. The fourth-order valence-corrected chi connectivity index (χ4v) is 2.52. The van der Waals surface area contributed by atoms with Crippen LogP contribution in [0.5, 0.6) is 0 Å². The molecular weight excluding hydrogens is 220 g/mol. The number of benzene rings is 1. The molecule has 0 aromatic heterocycles. The zero-order valence-electron chi connectivity index (χ0n) is 7.62. The quantitative estimate of drug-likeness (QED) is 0.705. The lowest BCUT2D eigenvalue weighted by Gasteiger charge is -2.07. The van der Waals surface area contributed by atoms with Crippen molar-refractivity contribution in [3.05, 3.63) is 30.3 Å². The van der Waals surface area contributed by atoms with Gasteiger partial charge in [0.25, 0.3) is 0 Å². The number of carbonyl (C=O) groups excluding carboxylic acids is 1. The first-order valence-corrected chi connectivity index (χ1v) is 5.78. The lowest BCUT2D eigenvalue weighted by molar-refractivity contribution is 0.128. The van der Waals surface area contributed by atoms with Gasteiger partial charge in [0.15, 0.2) is 0 Å². The topological polar surface area (TPSA) is 69.7 Å². The Hall–Kier alpha value is -1.56. The summed E-state index contributed by atoms with van der Waals surface area (Å²) in [6, 6.07) is 7.80. The minimum atomic E-state index is -3.64. The molecular formula is C9H8O5S. The van der Waals surface area contributed by atoms with Gasteiger partial charge in [-0.15, -0.1) is 0 Å². The van der Waals surface area contributed by atoms with Crippen molar-refractivity contribution in [1.29, 1.82) is 0 Å². The Morgan fingerprint density at radius 2 is 1.87 bits per heavy atom. The van der Waals surface area contributed by atoms with Crippen LogP contribution in [-0.4, -0.2) is 26.6 Å². The number of cyclic esters (lactones) is 2.